The van der Waals surface area contributed by atoms with Crippen LogP contribution in [0.2, 0.25) is 0 Å². The molecule has 0 amide bonds. The number of rotatable bonds is 9. The lowest BCUT2D eigenvalue weighted by Crippen LogP contribution is -2.51. The minimum absolute atomic E-state index is 0.110. The number of aliphatic hydroxyl groups is 1. The molecule has 190 valence electrons. The molecule has 0 radical (unpaired) electrons. The lowest BCUT2D eigenvalue weighted by atomic mass is 9.47. The van der Waals surface area contributed by atoms with E-state index in [1.165, 1.54) is 29.7 Å². The molecular weight excluding hydrogens is 436 g/mol. The van der Waals surface area contributed by atoms with E-state index in [0.717, 1.165) is 37.8 Å². The van der Waals surface area contributed by atoms with Crippen LogP contribution in [0.1, 0.15) is 71.6 Å². The fourth-order valence-electron chi connectivity index (χ4n) is 7.69. The Kier molecular flexibility index (Phi) is 7.38. The molecule has 8 heteroatoms. The molecule has 6 atom stereocenters. The van der Waals surface area contributed by atoms with Gasteiger partial charge >= 0.3 is 11.9 Å². The maximum atomic E-state index is 10.9. The number of hydrogen-bond donors (Lipinski definition) is 3. The van der Waals surface area contributed by atoms with Crippen LogP contribution < -0.4 is 0 Å². The number of allylic oxidation sites excluding steroid dienone is 2. The Morgan fingerprint density at radius 2 is 1.79 bits per heavy atom. The Morgan fingerprint density at radius 3 is 2.50 bits per heavy atom. The van der Waals surface area contributed by atoms with E-state index in [9.17, 15) is 14.7 Å². The molecule has 0 aromatic carbocycles. The Hall–Kier alpha value is -1.93. The molecule has 0 saturated heterocycles. The van der Waals surface area contributed by atoms with E-state index in [1.54, 1.807) is 0 Å². The third-order valence-corrected chi connectivity index (χ3v) is 9.54. The van der Waals surface area contributed by atoms with Crippen LogP contribution in [0, 0.1) is 28.6 Å². The molecule has 4 aliphatic carbocycles. The zero-order valence-electron chi connectivity index (χ0n) is 20.5. The average molecular weight is 477 g/mol. The summed E-state index contributed by atoms with van der Waals surface area (Å²) in [6.45, 7) is 4.83. The molecule has 3 N–H and O–H groups in total. The zero-order valence-corrected chi connectivity index (χ0v) is 20.5. The highest BCUT2D eigenvalue weighted by molar-refractivity contribution is 5.96. The van der Waals surface area contributed by atoms with Crippen molar-refractivity contribution in [3.05, 3.63) is 11.6 Å². The van der Waals surface area contributed by atoms with Crippen LogP contribution in [0.5, 0.6) is 0 Å². The average Bonchev–Trinajstić information content (AvgIpc) is 3.07. The molecule has 0 aromatic heterocycles. The Morgan fingerprint density at radius 1 is 1.06 bits per heavy atom. The van der Waals surface area contributed by atoms with Gasteiger partial charge < -0.3 is 20.2 Å². The van der Waals surface area contributed by atoms with Gasteiger partial charge in [-0.3, -0.25) is 14.5 Å². The Labute approximate surface area is 202 Å². The summed E-state index contributed by atoms with van der Waals surface area (Å²) < 4.78 is 0. The number of carbonyl (C=O) groups is 2. The van der Waals surface area contributed by atoms with Gasteiger partial charge in [-0.1, -0.05) is 24.6 Å². The van der Waals surface area contributed by atoms with Gasteiger partial charge in [0, 0.05) is 6.54 Å². The van der Waals surface area contributed by atoms with Gasteiger partial charge in [0.05, 0.1) is 24.9 Å². The largest absolute Gasteiger partial charge is 0.480 e. The molecule has 4 aliphatic rings. The van der Waals surface area contributed by atoms with Crippen molar-refractivity contribution in [2.24, 2.45) is 33.7 Å². The summed E-state index contributed by atoms with van der Waals surface area (Å²) in [5, 5.41) is 32.8. The third kappa shape index (κ3) is 4.89. The van der Waals surface area contributed by atoms with Crippen LogP contribution >= 0.6 is 0 Å². The number of carboxylic acid groups (broad SMARTS) is 2. The number of nitrogens with zero attached hydrogens (tertiary/aromatic N) is 2. The number of oxime groups is 1. The second-order valence-corrected chi connectivity index (χ2v) is 11.4. The van der Waals surface area contributed by atoms with E-state index in [-0.39, 0.29) is 30.0 Å². The number of aliphatic hydroxyl groups excluding tert-OH is 1. The maximum absolute atomic E-state index is 10.9. The highest BCUT2D eigenvalue weighted by Gasteiger charge is 2.58. The van der Waals surface area contributed by atoms with Crippen molar-refractivity contribution in [3.8, 4) is 0 Å². The van der Waals surface area contributed by atoms with Crippen molar-refractivity contribution in [2.45, 2.75) is 77.7 Å². The lowest BCUT2D eigenvalue weighted by molar-refractivity contribution is -0.141. The van der Waals surface area contributed by atoms with Gasteiger partial charge in [-0.25, -0.2) is 0 Å². The van der Waals surface area contributed by atoms with E-state index in [2.05, 4.69) is 25.1 Å². The lowest BCUT2D eigenvalue weighted by Gasteiger charge is -2.57. The summed E-state index contributed by atoms with van der Waals surface area (Å²) in [6.07, 6.45) is 11.4. The highest BCUT2D eigenvalue weighted by atomic mass is 16.6. The predicted octanol–water partition coefficient (Wildman–Crippen LogP) is 3.54. The molecule has 0 unspecified atom stereocenters. The smallest absolute Gasteiger partial charge is 0.317 e. The summed E-state index contributed by atoms with van der Waals surface area (Å²) in [5.74, 6) is -0.0265. The molecule has 0 aliphatic heterocycles. The van der Waals surface area contributed by atoms with Gasteiger partial charge in [0.2, 0.25) is 0 Å². The summed E-state index contributed by atoms with van der Waals surface area (Å²) >= 11 is 0. The van der Waals surface area contributed by atoms with Gasteiger partial charge in [-0.05, 0) is 92.4 Å². The Bertz CT molecular complexity index is 840. The van der Waals surface area contributed by atoms with Crippen LogP contribution in [0.4, 0.5) is 0 Å². The van der Waals surface area contributed by atoms with Crippen molar-refractivity contribution in [3.63, 3.8) is 0 Å². The van der Waals surface area contributed by atoms with Gasteiger partial charge in [-0.2, -0.15) is 0 Å². The van der Waals surface area contributed by atoms with Gasteiger partial charge in [0.15, 0.2) is 0 Å². The van der Waals surface area contributed by atoms with E-state index in [4.69, 9.17) is 15.1 Å². The summed E-state index contributed by atoms with van der Waals surface area (Å²) in [6, 6.07) is 0. The first-order valence-electron chi connectivity index (χ1n) is 12.9. The zero-order chi connectivity index (χ0) is 24.5. The molecule has 34 heavy (non-hydrogen) atoms. The van der Waals surface area contributed by atoms with Gasteiger partial charge in [0.25, 0.3) is 0 Å². The van der Waals surface area contributed by atoms with Crippen LogP contribution in [-0.2, 0) is 14.4 Å². The number of carboxylic acids is 2. The quantitative estimate of drug-likeness (QED) is 0.344. The first-order chi connectivity index (χ1) is 16.1. The summed E-state index contributed by atoms with van der Waals surface area (Å²) in [5.41, 5.74) is 2.79. The molecular formula is C26H40N2O6. The first-order valence-corrected chi connectivity index (χ1v) is 12.9. The van der Waals surface area contributed by atoms with E-state index in [0.29, 0.717) is 37.3 Å². The van der Waals surface area contributed by atoms with E-state index >= 15 is 0 Å². The van der Waals surface area contributed by atoms with Crippen LogP contribution in [0.3, 0.4) is 0 Å². The van der Waals surface area contributed by atoms with Crippen molar-refractivity contribution in [1.29, 1.82) is 0 Å². The topological polar surface area (TPSA) is 120 Å². The maximum Gasteiger partial charge on any atom is 0.317 e. The molecule has 3 fully saturated rings. The minimum atomic E-state index is -1.04. The number of fused-ring (bicyclic) bond motifs is 5. The number of hydrogen-bond acceptors (Lipinski definition) is 6. The monoisotopic (exact) mass is 476 g/mol. The fourth-order valence-corrected chi connectivity index (χ4v) is 7.69. The third-order valence-electron chi connectivity index (χ3n) is 9.54. The van der Waals surface area contributed by atoms with E-state index in [1.807, 2.05) is 0 Å². The van der Waals surface area contributed by atoms with Crippen molar-refractivity contribution >= 4 is 17.7 Å². The van der Waals surface area contributed by atoms with Crippen LogP contribution in [0.15, 0.2) is 16.8 Å². The van der Waals surface area contributed by atoms with Gasteiger partial charge in [-0.15, -0.1) is 0 Å². The second kappa shape index (κ2) is 9.97. The minimum Gasteiger partial charge on any atom is -0.480 e. The standard InChI is InChI=1S/C26H40N2O6/c1-25-10-8-18(27-34-13-3-12-28(15-23(30)31)16-24(32)33)14-17(25)4-5-19-20-6-7-22(29)26(20,2)11-9-21(19)25/h14,19-22,29H,3-13,15-16H2,1-2H3,(H,30,31)(H,32,33)/b27-18+/t19-,20-,21-,22-,25-,26-/m0/s1. The molecule has 3 saturated carbocycles. The molecule has 4 rings (SSSR count). The summed E-state index contributed by atoms with van der Waals surface area (Å²) in [7, 11) is 0. The molecule has 0 bridgehead atoms. The summed E-state index contributed by atoms with van der Waals surface area (Å²) in [4.78, 5) is 28.7. The fraction of sp³-hybridized carbons (Fsp3) is 0.808. The molecule has 8 nitrogen and oxygen atoms in total. The van der Waals surface area contributed by atoms with Crippen LogP contribution in [0.25, 0.3) is 0 Å². The normalized spacial score (nSPS) is 38.1. The molecule has 0 spiro atoms. The van der Waals surface area contributed by atoms with Crippen LogP contribution in [-0.4, -0.2) is 70.2 Å². The first kappa shape index (κ1) is 25.2. The van der Waals surface area contributed by atoms with Crippen molar-refractivity contribution in [2.75, 3.05) is 26.2 Å². The number of aliphatic carboxylic acids is 2. The van der Waals surface area contributed by atoms with Crippen molar-refractivity contribution in [1.82, 2.24) is 4.90 Å². The second-order valence-electron chi connectivity index (χ2n) is 11.4. The molecule has 0 heterocycles. The van der Waals surface area contributed by atoms with Crippen molar-refractivity contribution < 1.29 is 29.7 Å². The van der Waals surface area contributed by atoms with Gasteiger partial charge in [0.1, 0.15) is 6.61 Å². The SMILES string of the molecule is C[C@]12CC[C@H]3[C@@H](CCC4=C/C(=N/OCCCN(CC(=O)O)CC(=O)O)CC[C@@]43C)[C@@H]1CC[C@@H]2O. The Balaban J connectivity index is 1.32. The predicted molar refractivity (Wildman–Crippen MR) is 127 cm³/mol. The highest BCUT2D eigenvalue weighted by Crippen LogP contribution is 2.65. The van der Waals surface area contributed by atoms with E-state index < -0.39 is 11.9 Å². The molecule has 0 aromatic rings.